The van der Waals surface area contributed by atoms with Crippen molar-refractivity contribution >= 4 is 11.9 Å². The number of H-pyrrole nitrogens is 2. The van der Waals surface area contributed by atoms with Gasteiger partial charge in [-0.15, -0.1) is 0 Å². The first-order valence-electron chi connectivity index (χ1n) is 8.87. The monoisotopic (exact) mass is 396 g/mol. The van der Waals surface area contributed by atoms with Crippen molar-refractivity contribution in [2.75, 3.05) is 13.2 Å². The summed E-state index contributed by atoms with van der Waals surface area (Å²) in [5.41, 5.74) is 1.50. The standard InChI is InChI=1S/C11H18N2O3.C7H10N2O3/c1-5-15-10(14)8-6-12-13-9(8)7-16-11(2,3)4;1-2-12-7(11)5-3-8-9-6(5)4-10/h6H,5,7H2,1-4H3,(H,12,13);3,10H,2,4H2,1H3,(H,8,9). The van der Waals surface area contributed by atoms with E-state index >= 15 is 0 Å². The second kappa shape index (κ2) is 11.2. The number of ether oxygens (including phenoxy) is 3. The highest BCUT2D eigenvalue weighted by Crippen LogP contribution is 2.14. The van der Waals surface area contributed by atoms with Crippen LogP contribution in [0.3, 0.4) is 0 Å². The average Bonchev–Trinajstić information content (AvgIpc) is 3.29. The van der Waals surface area contributed by atoms with Crippen LogP contribution in [-0.4, -0.2) is 56.3 Å². The highest BCUT2D eigenvalue weighted by Gasteiger charge is 2.17. The molecule has 0 aromatic carbocycles. The maximum absolute atomic E-state index is 11.5. The minimum Gasteiger partial charge on any atom is -0.462 e. The Morgan fingerprint density at radius 1 is 0.964 bits per heavy atom. The number of rotatable bonds is 7. The normalized spacial score (nSPS) is 10.8. The molecule has 2 rings (SSSR count). The lowest BCUT2D eigenvalue weighted by Crippen LogP contribution is -2.19. The van der Waals surface area contributed by atoms with Gasteiger partial charge in [0, 0.05) is 0 Å². The molecule has 10 heteroatoms. The van der Waals surface area contributed by atoms with Gasteiger partial charge in [0.15, 0.2) is 0 Å². The van der Waals surface area contributed by atoms with E-state index in [1.54, 1.807) is 13.8 Å². The molecule has 0 amide bonds. The van der Waals surface area contributed by atoms with E-state index < -0.39 is 5.97 Å². The smallest absolute Gasteiger partial charge is 0.341 e. The molecule has 0 aliphatic heterocycles. The van der Waals surface area contributed by atoms with Gasteiger partial charge in [0.05, 0.1) is 55.8 Å². The van der Waals surface area contributed by atoms with Gasteiger partial charge in [-0.1, -0.05) is 0 Å². The van der Waals surface area contributed by atoms with Crippen LogP contribution < -0.4 is 0 Å². The fraction of sp³-hybridized carbons (Fsp3) is 0.556. The van der Waals surface area contributed by atoms with Crippen molar-refractivity contribution in [3.05, 3.63) is 34.9 Å². The third-order valence-electron chi connectivity index (χ3n) is 3.23. The summed E-state index contributed by atoms with van der Waals surface area (Å²) in [5.74, 6) is -0.834. The van der Waals surface area contributed by atoms with Crippen LogP contribution in [0.5, 0.6) is 0 Å². The molecule has 0 fully saturated rings. The van der Waals surface area contributed by atoms with Crippen molar-refractivity contribution in [1.82, 2.24) is 20.4 Å². The Hall–Kier alpha value is -2.72. The molecule has 0 spiro atoms. The summed E-state index contributed by atoms with van der Waals surface area (Å²) in [6.07, 6.45) is 2.79. The van der Waals surface area contributed by atoms with E-state index in [0.29, 0.717) is 42.3 Å². The van der Waals surface area contributed by atoms with Gasteiger partial charge in [0.2, 0.25) is 0 Å². The molecule has 2 aromatic rings. The minimum atomic E-state index is -0.463. The molecule has 0 atom stereocenters. The maximum Gasteiger partial charge on any atom is 0.341 e. The Balaban J connectivity index is 0.000000292. The van der Waals surface area contributed by atoms with Gasteiger partial charge in [-0.2, -0.15) is 10.2 Å². The predicted octanol–water partition coefficient (Wildman–Crippen LogP) is 1.98. The van der Waals surface area contributed by atoms with Crippen molar-refractivity contribution < 1.29 is 28.9 Å². The van der Waals surface area contributed by atoms with E-state index in [0.717, 1.165) is 0 Å². The number of aromatic amines is 2. The summed E-state index contributed by atoms with van der Waals surface area (Å²) in [6, 6.07) is 0. The summed E-state index contributed by atoms with van der Waals surface area (Å²) in [6.45, 7) is 10.1. The Morgan fingerprint density at radius 3 is 1.86 bits per heavy atom. The Morgan fingerprint density at radius 2 is 1.43 bits per heavy atom. The third kappa shape index (κ3) is 7.49. The van der Waals surface area contributed by atoms with Gasteiger partial charge in [0.1, 0.15) is 11.1 Å². The number of carbonyl (C=O) groups is 2. The predicted molar refractivity (Wildman–Crippen MR) is 99.6 cm³/mol. The van der Waals surface area contributed by atoms with Crippen LogP contribution in [0.1, 0.15) is 66.7 Å². The Bertz CT molecular complexity index is 747. The first-order valence-corrected chi connectivity index (χ1v) is 8.87. The van der Waals surface area contributed by atoms with Crippen LogP contribution >= 0.6 is 0 Å². The molecule has 0 aliphatic carbocycles. The zero-order valence-corrected chi connectivity index (χ0v) is 16.9. The van der Waals surface area contributed by atoms with Gasteiger partial charge in [-0.25, -0.2) is 9.59 Å². The number of hydrogen-bond donors (Lipinski definition) is 3. The van der Waals surface area contributed by atoms with Gasteiger partial charge in [0.25, 0.3) is 0 Å². The van der Waals surface area contributed by atoms with Crippen molar-refractivity contribution in [2.45, 2.75) is 53.4 Å². The highest BCUT2D eigenvalue weighted by atomic mass is 16.5. The number of nitrogens with one attached hydrogen (secondary N) is 2. The van der Waals surface area contributed by atoms with E-state index in [9.17, 15) is 9.59 Å². The van der Waals surface area contributed by atoms with E-state index in [1.807, 2.05) is 20.8 Å². The van der Waals surface area contributed by atoms with Gasteiger partial charge in [-0.05, 0) is 34.6 Å². The van der Waals surface area contributed by atoms with E-state index in [2.05, 4.69) is 20.4 Å². The summed E-state index contributed by atoms with van der Waals surface area (Å²) < 4.78 is 15.2. The Kier molecular flexibility index (Phi) is 9.33. The zero-order chi connectivity index (χ0) is 21.2. The molecule has 2 heterocycles. The molecule has 0 radical (unpaired) electrons. The lowest BCUT2D eigenvalue weighted by atomic mass is 10.2. The molecule has 28 heavy (non-hydrogen) atoms. The number of hydrogen-bond acceptors (Lipinski definition) is 8. The summed E-state index contributed by atoms with van der Waals surface area (Å²) in [7, 11) is 0. The molecule has 0 aliphatic rings. The molecule has 0 saturated carbocycles. The number of aromatic nitrogens is 4. The quantitative estimate of drug-likeness (QED) is 0.604. The molecular weight excluding hydrogens is 368 g/mol. The topological polar surface area (TPSA) is 139 Å². The van der Waals surface area contributed by atoms with E-state index in [4.69, 9.17) is 19.3 Å². The summed E-state index contributed by atoms with van der Waals surface area (Å²) in [5, 5.41) is 21.4. The van der Waals surface area contributed by atoms with Crippen LogP contribution in [0, 0.1) is 0 Å². The molecule has 0 saturated heterocycles. The van der Waals surface area contributed by atoms with Crippen molar-refractivity contribution in [3.63, 3.8) is 0 Å². The van der Waals surface area contributed by atoms with Gasteiger partial charge < -0.3 is 19.3 Å². The summed E-state index contributed by atoms with van der Waals surface area (Å²) in [4.78, 5) is 22.6. The minimum absolute atomic E-state index is 0.242. The number of carbonyl (C=O) groups excluding carboxylic acids is 2. The van der Waals surface area contributed by atoms with Gasteiger partial charge >= 0.3 is 11.9 Å². The second-order valence-corrected chi connectivity index (χ2v) is 6.52. The van der Waals surface area contributed by atoms with Crippen LogP contribution in [0.25, 0.3) is 0 Å². The number of aliphatic hydroxyl groups is 1. The van der Waals surface area contributed by atoms with Crippen LogP contribution in [-0.2, 0) is 27.4 Å². The van der Waals surface area contributed by atoms with Crippen LogP contribution in [0.15, 0.2) is 12.4 Å². The molecule has 156 valence electrons. The SMILES string of the molecule is CCOC(=O)c1cn[nH]c1CO.CCOC(=O)c1cn[nH]c1COC(C)(C)C. The first kappa shape index (κ1) is 23.3. The lowest BCUT2D eigenvalue weighted by Gasteiger charge is -2.19. The van der Waals surface area contributed by atoms with Crippen molar-refractivity contribution in [3.8, 4) is 0 Å². The zero-order valence-electron chi connectivity index (χ0n) is 16.9. The largest absolute Gasteiger partial charge is 0.462 e. The molecule has 10 nitrogen and oxygen atoms in total. The lowest BCUT2D eigenvalue weighted by molar-refractivity contribution is -0.0170. The van der Waals surface area contributed by atoms with Gasteiger partial charge in [-0.3, -0.25) is 10.2 Å². The number of esters is 2. The molecule has 2 aromatic heterocycles. The molecule has 0 bridgehead atoms. The maximum atomic E-state index is 11.5. The molecule has 0 unspecified atom stereocenters. The van der Waals surface area contributed by atoms with E-state index in [1.165, 1.54) is 12.4 Å². The number of nitrogens with zero attached hydrogens (tertiary/aromatic N) is 2. The number of aliphatic hydroxyl groups excluding tert-OH is 1. The molecule has 3 N–H and O–H groups in total. The van der Waals surface area contributed by atoms with Crippen molar-refractivity contribution in [1.29, 1.82) is 0 Å². The van der Waals surface area contributed by atoms with Crippen LogP contribution in [0.2, 0.25) is 0 Å². The first-order chi connectivity index (χ1) is 13.2. The fourth-order valence-corrected chi connectivity index (χ4v) is 1.91. The second-order valence-electron chi connectivity index (χ2n) is 6.52. The summed E-state index contributed by atoms with van der Waals surface area (Å²) >= 11 is 0. The van der Waals surface area contributed by atoms with Crippen molar-refractivity contribution in [2.24, 2.45) is 0 Å². The Labute approximate surface area is 163 Å². The third-order valence-corrected chi connectivity index (χ3v) is 3.23. The van der Waals surface area contributed by atoms with E-state index in [-0.39, 0.29) is 18.2 Å². The fourth-order valence-electron chi connectivity index (χ4n) is 1.91. The van der Waals surface area contributed by atoms with Crippen LogP contribution in [0.4, 0.5) is 0 Å². The average molecular weight is 396 g/mol. The highest BCUT2D eigenvalue weighted by molar-refractivity contribution is 5.90. The molecular formula is C18H28N4O6.